The lowest BCUT2D eigenvalue weighted by molar-refractivity contribution is 0.0262. The normalized spacial score (nSPS) is 25.6. The number of nitrogens with zero attached hydrogens (tertiary/aromatic N) is 1. The van der Waals surface area contributed by atoms with E-state index in [1.54, 1.807) is 0 Å². The Balaban J connectivity index is 2.51. The molecule has 2 atom stereocenters. The fraction of sp³-hybridized carbons (Fsp3) is 1.00. The first-order valence-corrected chi connectivity index (χ1v) is 8.27. The third-order valence-electron chi connectivity index (χ3n) is 4.25. The number of piperazine rings is 1. The highest BCUT2D eigenvalue weighted by Gasteiger charge is 2.34. The van der Waals surface area contributed by atoms with Gasteiger partial charge in [0.2, 0.25) is 0 Å². The molecule has 0 radical (unpaired) electrons. The Morgan fingerprint density at radius 2 is 1.85 bits per heavy atom. The van der Waals surface area contributed by atoms with Crippen LogP contribution in [0.2, 0.25) is 0 Å². The summed E-state index contributed by atoms with van der Waals surface area (Å²) in [7, 11) is 0. The lowest BCUT2D eigenvalue weighted by Crippen LogP contribution is -2.62. The molecule has 0 aromatic heterocycles. The fourth-order valence-electron chi connectivity index (χ4n) is 2.82. The molecule has 0 aromatic rings. The second kappa shape index (κ2) is 7.77. The van der Waals surface area contributed by atoms with Crippen LogP contribution in [-0.4, -0.2) is 49.8 Å². The molecule has 1 aliphatic rings. The SMILES string of the molecule is CC(C)COCCN1CC(C(C)(C)C)NCC1C(C)C. The van der Waals surface area contributed by atoms with Gasteiger partial charge in [0.1, 0.15) is 0 Å². The van der Waals surface area contributed by atoms with Crippen LogP contribution in [0.3, 0.4) is 0 Å². The first-order chi connectivity index (χ1) is 9.21. The maximum atomic E-state index is 5.78. The molecule has 1 N–H and O–H groups in total. The number of hydrogen-bond donors (Lipinski definition) is 1. The summed E-state index contributed by atoms with van der Waals surface area (Å²) in [6, 6.07) is 1.21. The minimum Gasteiger partial charge on any atom is -0.380 e. The van der Waals surface area contributed by atoms with Gasteiger partial charge in [-0.1, -0.05) is 48.5 Å². The third-order valence-corrected chi connectivity index (χ3v) is 4.25. The van der Waals surface area contributed by atoms with E-state index >= 15 is 0 Å². The van der Waals surface area contributed by atoms with Crippen LogP contribution in [0.1, 0.15) is 48.5 Å². The van der Waals surface area contributed by atoms with Crippen molar-refractivity contribution in [1.29, 1.82) is 0 Å². The molecule has 120 valence electrons. The second-order valence-electron chi connectivity index (χ2n) is 8.10. The zero-order valence-corrected chi connectivity index (χ0v) is 14.7. The minimum absolute atomic E-state index is 0.318. The monoisotopic (exact) mass is 284 g/mol. The standard InChI is InChI=1S/C17H36N2O/c1-13(2)12-20-9-8-19-11-16(17(5,6)7)18-10-15(19)14(3)4/h13-16,18H,8-12H2,1-7H3. The van der Waals surface area contributed by atoms with Crippen LogP contribution < -0.4 is 5.32 Å². The van der Waals surface area contributed by atoms with E-state index in [9.17, 15) is 0 Å². The average molecular weight is 284 g/mol. The van der Waals surface area contributed by atoms with Gasteiger partial charge in [-0.3, -0.25) is 4.90 Å². The predicted octanol–water partition coefficient (Wildman–Crippen LogP) is 3.00. The van der Waals surface area contributed by atoms with Gasteiger partial charge in [-0.2, -0.15) is 0 Å². The molecule has 1 aliphatic heterocycles. The van der Waals surface area contributed by atoms with Crippen molar-refractivity contribution < 1.29 is 4.74 Å². The summed E-state index contributed by atoms with van der Waals surface area (Å²) < 4.78 is 5.78. The molecule has 20 heavy (non-hydrogen) atoms. The van der Waals surface area contributed by atoms with E-state index in [2.05, 4.69) is 58.7 Å². The Morgan fingerprint density at radius 3 is 2.35 bits per heavy atom. The van der Waals surface area contributed by atoms with Crippen LogP contribution in [0.25, 0.3) is 0 Å². The molecular weight excluding hydrogens is 248 g/mol. The van der Waals surface area contributed by atoms with Crippen molar-refractivity contribution in [2.24, 2.45) is 17.3 Å². The van der Waals surface area contributed by atoms with Crippen molar-refractivity contribution in [1.82, 2.24) is 10.2 Å². The second-order valence-corrected chi connectivity index (χ2v) is 8.10. The van der Waals surface area contributed by atoms with E-state index in [0.717, 1.165) is 32.8 Å². The Labute approximate surface area is 126 Å². The quantitative estimate of drug-likeness (QED) is 0.759. The molecule has 0 spiro atoms. The van der Waals surface area contributed by atoms with Crippen molar-refractivity contribution in [2.45, 2.75) is 60.5 Å². The average Bonchev–Trinajstić information content (AvgIpc) is 2.32. The Bertz CT molecular complexity index is 271. The van der Waals surface area contributed by atoms with Crippen LogP contribution in [0, 0.1) is 17.3 Å². The summed E-state index contributed by atoms with van der Waals surface area (Å²) in [4.78, 5) is 2.64. The maximum absolute atomic E-state index is 5.78. The highest BCUT2D eigenvalue weighted by molar-refractivity contribution is 4.92. The molecule has 1 rings (SSSR count). The first-order valence-electron chi connectivity index (χ1n) is 8.27. The molecule has 0 saturated carbocycles. The van der Waals surface area contributed by atoms with Gasteiger partial charge in [-0.15, -0.1) is 0 Å². The maximum Gasteiger partial charge on any atom is 0.0593 e. The number of ether oxygens (including phenoxy) is 1. The molecule has 3 heteroatoms. The molecule has 0 aliphatic carbocycles. The van der Waals surface area contributed by atoms with Gasteiger partial charge in [0, 0.05) is 38.3 Å². The van der Waals surface area contributed by atoms with E-state index in [4.69, 9.17) is 4.74 Å². The van der Waals surface area contributed by atoms with E-state index < -0.39 is 0 Å². The summed E-state index contributed by atoms with van der Waals surface area (Å²) in [6.45, 7) is 21.1. The Morgan fingerprint density at radius 1 is 1.20 bits per heavy atom. The van der Waals surface area contributed by atoms with Crippen molar-refractivity contribution in [2.75, 3.05) is 32.8 Å². The van der Waals surface area contributed by atoms with Gasteiger partial charge < -0.3 is 10.1 Å². The topological polar surface area (TPSA) is 24.5 Å². The lowest BCUT2D eigenvalue weighted by atomic mass is 9.83. The van der Waals surface area contributed by atoms with Gasteiger partial charge >= 0.3 is 0 Å². The zero-order chi connectivity index (χ0) is 15.3. The van der Waals surface area contributed by atoms with Gasteiger partial charge in [0.15, 0.2) is 0 Å². The van der Waals surface area contributed by atoms with Gasteiger partial charge in [0.05, 0.1) is 6.61 Å². The van der Waals surface area contributed by atoms with Crippen LogP contribution in [0.5, 0.6) is 0 Å². The van der Waals surface area contributed by atoms with Crippen LogP contribution in [0.4, 0.5) is 0 Å². The van der Waals surface area contributed by atoms with E-state index in [1.807, 2.05) is 0 Å². The lowest BCUT2D eigenvalue weighted by Gasteiger charge is -2.46. The molecular formula is C17H36N2O. The predicted molar refractivity (Wildman–Crippen MR) is 87.1 cm³/mol. The zero-order valence-electron chi connectivity index (χ0n) is 14.7. The van der Waals surface area contributed by atoms with Crippen molar-refractivity contribution in [3.8, 4) is 0 Å². The molecule has 0 bridgehead atoms. The molecule has 1 heterocycles. The van der Waals surface area contributed by atoms with Crippen molar-refractivity contribution in [3.05, 3.63) is 0 Å². The molecule has 0 aromatic carbocycles. The summed E-state index contributed by atoms with van der Waals surface area (Å²) in [5.74, 6) is 1.31. The highest BCUT2D eigenvalue weighted by Crippen LogP contribution is 2.25. The van der Waals surface area contributed by atoms with E-state index in [0.29, 0.717) is 29.3 Å². The minimum atomic E-state index is 0.318. The Kier molecular flexibility index (Phi) is 6.96. The third kappa shape index (κ3) is 5.71. The summed E-state index contributed by atoms with van der Waals surface area (Å²) in [5, 5.41) is 3.75. The fourth-order valence-corrected chi connectivity index (χ4v) is 2.82. The highest BCUT2D eigenvalue weighted by atomic mass is 16.5. The van der Waals surface area contributed by atoms with Crippen LogP contribution in [-0.2, 0) is 4.74 Å². The molecule has 1 saturated heterocycles. The molecule has 0 amide bonds. The van der Waals surface area contributed by atoms with E-state index in [1.165, 1.54) is 0 Å². The largest absolute Gasteiger partial charge is 0.380 e. The van der Waals surface area contributed by atoms with Gasteiger partial charge in [0.25, 0.3) is 0 Å². The van der Waals surface area contributed by atoms with Crippen LogP contribution >= 0.6 is 0 Å². The molecule has 2 unspecified atom stereocenters. The van der Waals surface area contributed by atoms with Crippen molar-refractivity contribution in [3.63, 3.8) is 0 Å². The van der Waals surface area contributed by atoms with Gasteiger partial charge in [-0.25, -0.2) is 0 Å². The summed E-state index contributed by atoms with van der Waals surface area (Å²) >= 11 is 0. The van der Waals surface area contributed by atoms with Crippen molar-refractivity contribution >= 4 is 0 Å². The number of hydrogen-bond acceptors (Lipinski definition) is 3. The first kappa shape index (κ1) is 17.9. The smallest absolute Gasteiger partial charge is 0.0593 e. The summed E-state index contributed by atoms with van der Waals surface area (Å²) in [5.41, 5.74) is 0.318. The van der Waals surface area contributed by atoms with Crippen LogP contribution in [0.15, 0.2) is 0 Å². The molecule has 3 nitrogen and oxygen atoms in total. The van der Waals surface area contributed by atoms with Gasteiger partial charge in [-0.05, 0) is 17.3 Å². The molecule has 1 fully saturated rings. The van der Waals surface area contributed by atoms with E-state index in [-0.39, 0.29) is 0 Å². The number of rotatable bonds is 6. The Hall–Kier alpha value is -0.120. The number of nitrogens with one attached hydrogen (secondary N) is 1. The summed E-state index contributed by atoms with van der Waals surface area (Å²) in [6.07, 6.45) is 0.